The highest BCUT2D eigenvalue weighted by atomic mass is 16.7. The number of rotatable bonds is 7. The number of ketones is 1. The highest BCUT2D eigenvalue weighted by Crippen LogP contribution is 2.41. The summed E-state index contributed by atoms with van der Waals surface area (Å²) in [7, 11) is 5.23. The molecule has 324 valence electrons. The number of esters is 1. The van der Waals surface area contributed by atoms with E-state index in [0.29, 0.717) is 6.42 Å². The Morgan fingerprint density at radius 2 is 1.59 bits per heavy atom. The second-order valence-electron chi connectivity index (χ2n) is 17.6. The Morgan fingerprint density at radius 3 is 2.20 bits per heavy atom. The van der Waals surface area contributed by atoms with Crippen LogP contribution in [0.25, 0.3) is 0 Å². The minimum absolute atomic E-state index is 0.104. The van der Waals surface area contributed by atoms with Gasteiger partial charge in [-0.3, -0.25) is 14.4 Å². The molecule has 5 aliphatic rings. The number of hydrogen-bond donors (Lipinski definition) is 4. The maximum absolute atomic E-state index is 14.4. The first-order chi connectivity index (χ1) is 26.0. The number of aliphatic hydroxyl groups is 3. The maximum Gasteiger partial charge on any atom is 0.311 e. The Bertz CT molecular complexity index is 1350. The van der Waals surface area contributed by atoms with Crippen molar-refractivity contribution in [1.29, 1.82) is 0 Å². The summed E-state index contributed by atoms with van der Waals surface area (Å²) in [5, 5.41) is 37.9. The van der Waals surface area contributed by atoms with E-state index in [1.54, 1.807) is 48.5 Å². The van der Waals surface area contributed by atoms with E-state index in [2.05, 4.69) is 5.32 Å². The standard InChI is InChI=1S/C40H70N2O14/c1-14-28-40(10,48)34-24(6)35(46)41-20(2)16-39(9,51-19-26(43)18-50-34)33(56-37-30(44)27(42(11)12)15-21(3)52-37)22(4)31(23(5)36(47)54-28)55-29-17-38(8,49-13)32(45)25(7)53-29/h20-25,27-34,37,44-45,48H,14-19H2,1-13H3,(H,41,46)/t20-,21-,22+,23-,24-,25+,27+,28-,29+,30-,31+,32+,33-,34-,37+,38-,39-,40-/m1/s1. The number of methoxy groups -OCH3 is 1. The second-order valence-corrected chi connectivity index (χ2v) is 17.6. The number of carbonyl (C=O) groups is 3. The summed E-state index contributed by atoms with van der Waals surface area (Å²) in [5.41, 5.74) is -4.38. The zero-order chi connectivity index (χ0) is 42.1. The predicted octanol–water partition coefficient (Wildman–Crippen LogP) is 1.72. The number of nitrogens with zero attached hydrogens (tertiary/aromatic N) is 1. The van der Waals surface area contributed by atoms with Gasteiger partial charge in [-0.2, -0.15) is 0 Å². The Kier molecular flexibility index (Phi) is 15.6. The molecule has 56 heavy (non-hydrogen) atoms. The van der Waals surface area contributed by atoms with E-state index in [9.17, 15) is 29.7 Å². The Labute approximate surface area is 332 Å². The molecule has 5 saturated heterocycles. The average Bonchev–Trinajstić information content (AvgIpc) is 3.12. The quantitative estimate of drug-likeness (QED) is 0.271. The van der Waals surface area contributed by atoms with Crippen LogP contribution in [0.4, 0.5) is 0 Å². The van der Waals surface area contributed by atoms with Crippen molar-refractivity contribution in [2.45, 2.75) is 185 Å². The smallest absolute Gasteiger partial charge is 0.311 e. The normalized spacial score (nSPS) is 47.9. The summed E-state index contributed by atoms with van der Waals surface area (Å²) in [6.45, 7) is 16.2. The molecule has 16 nitrogen and oxygen atoms in total. The van der Waals surface area contributed by atoms with Gasteiger partial charge in [0.25, 0.3) is 0 Å². The van der Waals surface area contributed by atoms with Crippen LogP contribution in [0.3, 0.4) is 0 Å². The van der Waals surface area contributed by atoms with E-state index < -0.39 is 127 Å². The molecule has 5 fully saturated rings. The second kappa shape index (κ2) is 18.6. The minimum atomic E-state index is -1.93. The molecule has 5 heterocycles. The number of aliphatic hydroxyl groups excluding tert-OH is 2. The number of amides is 1. The molecule has 5 aliphatic heterocycles. The molecule has 0 radical (unpaired) electrons. The first kappa shape index (κ1) is 46.9. The van der Waals surface area contributed by atoms with E-state index in [-0.39, 0.29) is 31.4 Å². The van der Waals surface area contributed by atoms with Gasteiger partial charge >= 0.3 is 5.97 Å². The van der Waals surface area contributed by atoms with Gasteiger partial charge < -0.3 is 63.4 Å². The summed E-state index contributed by atoms with van der Waals surface area (Å²) < 4.78 is 50.7. The molecular formula is C40H70N2O14. The SMILES string of the molecule is CC[C@H]1OC(=O)[C@H](C)[C@@H](O[C@H]2C[C@@](C)(OC)[C@@H](O)[C@H](C)O2)[C@H](C)[C@@H](O[C@@H]2O[C@H](C)C[C@H](N(C)C)[C@H]2O)[C@@]2(C)C[C@@H](C)NC(=O)[C@H](C)[C@@H](OCC(=O)CO2)[C@]1(C)O. The molecule has 0 aromatic heterocycles. The van der Waals surface area contributed by atoms with Crippen molar-refractivity contribution in [3.05, 3.63) is 0 Å². The van der Waals surface area contributed by atoms with Gasteiger partial charge in [-0.05, 0) is 81.8 Å². The summed E-state index contributed by atoms with van der Waals surface area (Å²) >= 11 is 0. The fourth-order valence-corrected chi connectivity index (χ4v) is 9.16. The lowest BCUT2D eigenvalue weighted by Gasteiger charge is -2.49. The number of fused-ring (bicyclic) bond motifs is 15. The minimum Gasteiger partial charge on any atom is -0.459 e. The van der Waals surface area contributed by atoms with Crippen molar-refractivity contribution in [2.75, 3.05) is 34.4 Å². The molecule has 1 amide bonds. The van der Waals surface area contributed by atoms with Gasteiger partial charge in [0.1, 0.15) is 43.2 Å². The lowest BCUT2D eigenvalue weighted by molar-refractivity contribution is -0.320. The van der Waals surface area contributed by atoms with Crippen molar-refractivity contribution in [3.8, 4) is 0 Å². The van der Waals surface area contributed by atoms with Crippen LogP contribution in [0.1, 0.15) is 94.9 Å². The molecule has 0 aromatic carbocycles. The van der Waals surface area contributed by atoms with Crippen LogP contribution >= 0.6 is 0 Å². The number of carbonyl (C=O) groups excluding carboxylic acids is 3. The van der Waals surface area contributed by atoms with Gasteiger partial charge in [-0.1, -0.05) is 20.8 Å². The van der Waals surface area contributed by atoms with Crippen molar-refractivity contribution >= 4 is 17.7 Å². The fraction of sp³-hybridized carbons (Fsp3) is 0.925. The Morgan fingerprint density at radius 1 is 0.929 bits per heavy atom. The number of nitrogens with one attached hydrogen (secondary N) is 1. The molecule has 4 N–H and O–H groups in total. The van der Waals surface area contributed by atoms with Crippen LogP contribution in [-0.4, -0.2) is 163 Å². The number of Topliss-reactive ketones (excluding diaryl/α,β-unsaturated/α-hetero) is 1. The van der Waals surface area contributed by atoms with Gasteiger partial charge in [-0.25, -0.2) is 0 Å². The van der Waals surface area contributed by atoms with Gasteiger partial charge in [0.15, 0.2) is 18.4 Å². The maximum atomic E-state index is 14.4. The lowest BCUT2D eigenvalue weighted by atomic mass is 9.78. The lowest BCUT2D eigenvalue weighted by Crippen LogP contribution is -2.61. The number of hydrogen-bond acceptors (Lipinski definition) is 15. The molecule has 0 unspecified atom stereocenters. The number of likely N-dealkylation sites (N-methyl/N-ethyl adjacent to an activating group) is 1. The van der Waals surface area contributed by atoms with Crippen molar-refractivity contribution in [3.63, 3.8) is 0 Å². The molecule has 5 rings (SSSR count). The van der Waals surface area contributed by atoms with Gasteiger partial charge in [0.2, 0.25) is 5.91 Å². The van der Waals surface area contributed by atoms with Crippen LogP contribution in [0.15, 0.2) is 0 Å². The summed E-state index contributed by atoms with van der Waals surface area (Å²) in [5.74, 6) is -4.44. The number of ether oxygens (including phenoxy) is 8. The highest BCUT2D eigenvalue weighted by molar-refractivity contribution is 5.81. The van der Waals surface area contributed by atoms with Crippen molar-refractivity contribution in [1.82, 2.24) is 10.2 Å². The van der Waals surface area contributed by atoms with Crippen molar-refractivity contribution in [2.24, 2.45) is 17.8 Å². The van der Waals surface area contributed by atoms with Crippen molar-refractivity contribution < 1.29 is 67.6 Å². The van der Waals surface area contributed by atoms with Gasteiger partial charge in [0, 0.05) is 31.5 Å². The largest absolute Gasteiger partial charge is 0.459 e. The van der Waals surface area contributed by atoms with Gasteiger partial charge in [0.05, 0.1) is 47.5 Å². The van der Waals surface area contributed by atoms with Crippen LogP contribution in [0.5, 0.6) is 0 Å². The molecule has 18 atom stereocenters. The van der Waals surface area contributed by atoms with Crippen LogP contribution in [-0.2, 0) is 52.3 Å². The molecule has 2 bridgehead atoms. The van der Waals surface area contributed by atoms with E-state index in [1.807, 2.05) is 32.8 Å². The van der Waals surface area contributed by atoms with Crippen LogP contribution < -0.4 is 5.32 Å². The highest BCUT2D eigenvalue weighted by Gasteiger charge is 2.54. The van der Waals surface area contributed by atoms with E-state index in [1.165, 1.54) is 14.0 Å². The van der Waals surface area contributed by atoms with Crippen LogP contribution in [0, 0.1) is 17.8 Å². The molecule has 0 spiro atoms. The van der Waals surface area contributed by atoms with Gasteiger partial charge in [-0.15, -0.1) is 0 Å². The third kappa shape index (κ3) is 10.1. The zero-order valence-corrected chi connectivity index (χ0v) is 35.7. The first-order valence-electron chi connectivity index (χ1n) is 20.2. The van der Waals surface area contributed by atoms with Crippen LogP contribution in [0.2, 0.25) is 0 Å². The zero-order valence-electron chi connectivity index (χ0n) is 35.7. The third-order valence-corrected chi connectivity index (χ3v) is 12.6. The van der Waals surface area contributed by atoms with E-state index in [0.717, 1.165) is 0 Å². The van der Waals surface area contributed by atoms with E-state index in [4.69, 9.17) is 37.9 Å². The molecule has 0 aliphatic carbocycles. The van der Waals surface area contributed by atoms with E-state index >= 15 is 0 Å². The monoisotopic (exact) mass is 802 g/mol. The third-order valence-electron chi connectivity index (χ3n) is 12.6. The predicted molar refractivity (Wildman–Crippen MR) is 202 cm³/mol. The topological polar surface area (TPSA) is 201 Å². The molecular weight excluding hydrogens is 732 g/mol. The molecule has 0 saturated carbocycles. The Hall–Kier alpha value is -1.83. The first-order valence-corrected chi connectivity index (χ1v) is 20.2. The Balaban J connectivity index is 1.94. The fourth-order valence-electron chi connectivity index (χ4n) is 9.16. The summed E-state index contributed by atoms with van der Waals surface area (Å²) in [6, 6.07) is -0.903. The summed E-state index contributed by atoms with van der Waals surface area (Å²) in [6.07, 6.45) is -8.90. The molecule has 0 aromatic rings. The summed E-state index contributed by atoms with van der Waals surface area (Å²) in [4.78, 5) is 43.8. The molecule has 16 heteroatoms. The average molecular weight is 803 g/mol.